The van der Waals surface area contributed by atoms with Crippen molar-refractivity contribution in [2.75, 3.05) is 33.7 Å². The summed E-state index contributed by atoms with van der Waals surface area (Å²) in [6.07, 6.45) is 4.08. The highest BCUT2D eigenvalue weighted by atomic mass is 15.2. The zero-order chi connectivity index (χ0) is 12.2. The molecule has 0 saturated heterocycles. The van der Waals surface area contributed by atoms with E-state index >= 15 is 0 Å². The minimum atomic E-state index is 0.234. The lowest BCUT2D eigenvalue weighted by molar-refractivity contribution is 0.0603. The van der Waals surface area contributed by atoms with Crippen molar-refractivity contribution < 1.29 is 0 Å². The lowest BCUT2D eigenvalue weighted by Gasteiger charge is -2.47. The molecule has 0 aromatic rings. The van der Waals surface area contributed by atoms with E-state index in [1.165, 1.54) is 19.3 Å². The van der Waals surface area contributed by atoms with Crippen LogP contribution in [0.1, 0.15) is 40.0 Å². The normalized spacial score (nSPS) is 19.9. The summed E-state index contributed by atoms with van der Waals surface area (Å²) in [5.74, 6) is 0. The minimum Gasteiger partial charge on any atom is -0.314 e. The third-order valence-electron chi connectivity index (χ3n) is 3.64. The SMILES string of the molecule is CN(C)C1(CNCCNC(C)(C)C)CCC1. The van der Waals surface area contributed by atoms with Crippen LogP contribution in [-0.2, 0) is 0 Å². The molecule has 0 unspecified atom stereocenters. The standard InChI is InChI=1S/C13H29N3/c1-12(2,3)15-10-9-14-11-13(16(4)5)7-6-8-13/h14-15H,6-11H2,1-5H3. The lowest BCUT2D eigenvalue weighted by Crippen LogP contribution is -2.57. The van der Waals surface area contributed by atoms with Gasteiger partial charge in [-0.1, -0.05) is 0 Å². The minimum absolute atomic E-state index is 0.234. The van der Waals surface area contributed by atoms with Crippen molar-refractivity contribution in [1.29, 1.82) is 0 Å². The summed E-state index contributed by atoms with van der Waals surface area (Å²) in [5, 5.41) is 7.08. The van der Waals surface area contributed by atoms with Gasteiger partial charge in [0.15, 0.2) is 0 Å². The highest BCUT2D eigenvalue weighted by Crippen LogP contribution is 2.35. The third kappa shape index (κ3) is 4.04. The number of hydrogen-bond donors (Lipinski definition) is 2. The molecule has 0 aromatic carbocycles. The first-order chi connectivity index (χ1) is 7.36. The van der Waals surface area contributed by atoms with Crippen molar-refractivity contribution in [1.82, 2.24) is 15.5 Å². The molecule has 16 heavy (non-hydrogen) atoms. The highest BCUT2D eigenvalue weighted by Gasteiger charge is 2.38. The average molecular weight is 227 g/mol. The van der Waals surface area contributed by atoms with Crippen LogP contribution in [0.25, 0.3) is 0 Å². The maximum absolute atomic E-state index is 3.58. The molecule has 3 heteroatoms. The molecule has 1 rings (SSSR count). The average Bonchev–Trinajstić information content (AvgIpc) is 2.05. The monoisotopic (exact) mass is 227 g/mol. The van der Waals surface area contributed by atoms with Crippen LogP contribution >= 0.6 is 0 Å². The summed E-state index contributed by atoms with van der Waals surface area (Å²) in [6.45, 7) is 9.87. The summed E-state index contributed by atoms with van der Waals surface area (Å²) in [4.78, 5) is 2.39. The van der Waals surface area contributed by atoms with Crippen molar-refractivity contribution in [2.24, 2.45) is 0 Å². The van der Waals surface area contributed by atoms with Crippen LogP contribution < -0.4 is 10.6 Å². The van der Waals surface area contributed by atoms with E-state index in [4.69, 9.17) is 0 Å². The molecule has 2 N–H and O–H groups in total. The first kappa shape index (κ1) is 13.9. The first-order valence-electron chi connectivity index (χ1n) is 6.49. The number of nitrogens with zero attached hydrogens (tertiary/aromatic N) is 1. The van der Waals surface area contributed by atoms with Crippen molar-refractivity contribution >= 4 is 0 Å². The molecule has 96 valence electrons. The van der Waals surface area contributed by atoms with Gasteiger partial charge in [0.25, 0.3) is 0 Å². The van der Waals surface area contributed by atoms with Gasteiger partial charge in [-0.2, -0.15) is 0 Å². The van der Waals surface area contributed by atoms with Crippen LogP contribution in [-0.4, -0.2) is 49.7 Å². The van der Waals surface area contributed by atoms with Gasteiger partial charge in [0.05, 0.1) is 0 Å². The highest BCUT2D eigenvalue weighted by molar-refractivity contribution is 4.97. The number of hydrogen-bond acceptors (Lipinski definition) is 3. The van der Waals surface area contributed by atoms with Gasteiger partial charge in [0.2, 0.25) is 0 Å². The molecule has 0 atom stereocenters. The number of rotatable bonds is 6. The van der Waals surface area contributed by atoms with Gasteiger partial charge in [0, 0.05) is 30.7 Å². The van der Waals surface area contributed by atoms with E-state index in [1.807, 2.05) is 0 Å². The largest absolute Gasteiger partial charge is 0.314 e. The van der Waals surface area contributed by atoms with E-state index in [1.54, 1.807) is 0 Å². The molecule has 1 aliphatic carbocycles. The summed E-state index contributed by atoms with van der Waals surface area (Å²) in [7, 11) is 4.41. The number of nitrogens with one attached hydrogen (secondary N) is 2. The van der Waals surface area contributed by atoms with Crippen LogP contribution in [0.3, 0.4) is 0 Å². The second-order valence-corrected chi connectivity index (χ2v) is 6.33. The Morgan fingerprint density at radius 3 is 2.12 bits per heavy atom. The van der Waals surface area contributed by atoms with Gasteiger partial charge in [0.1, 0.15) is 0 Å². The second-order valence-electron chi connectivity index (χ2n) is 6.33. The molecule has 0 spiro atoms. The summed E-state index contributed by atoms with van der Waals surface area (Å²) < 4.78 is 0. The fourth-order valence-electron chi connectivity index (χ4n) is 2.21. The van der Waals surface area contributed by atoms with E-state index in [0.717, 1.165) is 19.6 Å². The summed E-state index contributed by atoms with van der Waals surface area (Å²) in [6, 6.07) is 0. The lowest BCUT2D eigenvalue weighted by atomic mass is 9.75. The van der Waals surface area contributed by atoms with Gasteiger partial charge >= 0.3 is 0 Å². The predicted molar refractivity (Wildman–Crippen MR) is 70.9 cm³/mol. The molecule has 0 aromatic heterocycles. The second kappa shape index (κ2) is 5.48. The van der Waals surface area contributed by atoms with Gasteiger partial charge in [-0.25, -0.2) is 0 Å². The van der Waals surface area contributed by atoms with E-state index in [9.17, 15) is 0 Å². The molecule has 1 fully saturated rings. The Morgan fingerprint density at radius 2 is 1.75 bits per heavy atom. The molecule has 1 aliphatic rings. The van der Waals surface area contributed by atoms with Crippen LogP contribution in [0.5, 0.6) is 0 Å². The van der Waals surface area contributed by atoms with E-state index in [2.05, 4.69) is 50.4 Å². The molecular formula is C13H29N3. The van der Waals surface area contributed by atoms with Gasteiger partial charge < -0.3 is 15.5 Å². The molecule has 1 saturated carbocycles. The Kier molecular flexibility index (Phi) is 4.77. The van der Waals surface area contributed by atoms with Gasteiger partial charge in [-0.3, -0.25) is 0 Å². The zero-order valence-corrected chi connectivity index (χ0v) is 11.7. The maximum Gasteiger partial charge on any atom is 0.0327 e. The molecule has 0 heterocycles. The first-order valence-corrected chi connectivity index (χ1v) is 6.49. The molecular weight excluding hydrogens is 198 g/mol. The van der Waals surface area contributed by atoms with Crippen molar-refractivity contribution in [3.8, 4) is 0 Å². The van der Waals surface area contributed by atoms with Crippen LogP contribution in [0, 0.1) is 0 Å². The van der Waals surface area contributed by atoms with Crippen molar-refractivity contribution in [2.45, 2.75) is 51.1 Å². The van der Waals surface area contributed by atoms with Crippen molar-refractivity contribution in [3.05, 3.63) is 0 Å². The van der Waals surface area contributed by atoms with Crippen LogP contribution in [0.2, 0.25) is 0 Å². The topological polar surface area (TPSA) is 27.3 Å². The number of likely N-dealkylation sites (N-methyl/N-ethyl adjacent to an activating group) is 1. The van der Waals surface area contributed by atoms with Crippen LogP contribution in [0.15, 0.2) is 0 Å². The molecule has 0 radical (unpaired) electrons. The Hall–Kier alpha value is -0.120. The quantitative estimate of drug-likeness (QED) is 0.673. The summed E-state index contributed by atoms with van der Waals surface area (Å²) in [5.41, 5.74) is 0.680. The fourth-order valence-corrected chi connectivity index (χ4v) is 2.21. The van der Waals surface area contributed by atoms with E-state index < -0.39 is 0 Å². The molecule has 3 nitrogen and oxygen atoms in total. The van der Waals surface area contributed by atoms with Gasteiger partial charge in [-0.15, -0.1) is 0 Å². The van der Waals surface area contributed by atoms with Crippen molar-refractivity contribution in [3.63, 3.8) is 0 Å². The predicted octanol–water partition coefficient (Wildman–Crippen LogP) is 1.45. The Balaban J connectivity index is 2.11. The molecule has 0 bridgehead atoms. The van der Waals surface area contributed by atoms with Gasteiger partial charge in [-0.05, 0) is 54.1 Å². The zero-order valence-electron chi connectivity index (χ0n) is 11.7. The Bertz CT molecular complexity index is 202. The fraction of sp³-hybridized carbons (Fsp3) is 1.00. The van der Waals surface area contributed by atoms with Crippen LogP contribution in [0.4, 0.5) is 0 Å². The smallest absolute Gasteiger partial charge is 0.0327 e. The van der Waals surface area contributed by atoms with E-state index in [-0.39, 0.29) is 5.54 Å². The Labute approximate surface area is 101 Å². The molecule has 0 aliphatic heterocycles. The maximum atomic E-state index is 3.58. The Morgan fingerprint density at radius 1 is 1.12 bits per heavy atom. The summed E-state index contributed by atoms with van der Waals surface area (Å²) >= 11 is 0. The third-order valence-corrected chi connectivity index (χ3v) is 3.64. The van der Waals surface area contributed by atoms with E-state index in [0.29, 0.717) is 5.54 Å². The molecule has 0 amide bonds.